The lowest BCUT2D eigenvalue weighted by Crippen LogP contribution is -2.27. The molecule has 0 unspecified atom stereocenters. The predicted octanol–water partition coefficient (Wildman–Crippen LogP) is 3.44. The van der Waals surface area contributed by atoms with E-state index in [0.29, 0.717) is 18.3 Å². The monoisotopic (exact) mass is 369 g/mol. The van der Waals surface area contributed by atoms with Gasteiger partial charge in [0.2, 0.25) is 5.91 Å². The number of aromatic nitrogens is 2. The van der Waals surface area contributed by atoms with Gasteiger partial charge in [-0.15, -0.1) is 0 Å². The van der Waals surface area contributed by atoms with Crippen molar-refractivity contribution in [1.29, 1.82) is 0 Å². The number of hydrogen-bond acceptors (Lipinski definition) is 4. The zero-order chi connectivity index (χ0) is 18.6. The Hall–Kier alpha value is -1.92. The molecule has 2 aliphatic heterocycles. The van der Waals surface area contributed by atoms with Crippen molar-refractivity contribution < 1.29 is 4.79 Å². The number of hydrogen-bond donors (Lipinski definition) is 3. The van der Waals surface area contributed by atoms with Crippen molar-refractivity contribution in [3.05, 3.63) is 24.0 Å². The van der Waals surface area contributed by atoms with Gasteiger partial charge in [0.1, 0.15) is 5.82 Å². The third kappa shape index (κ3) is 4.50. The first-order valence-corrected chi connectivity index (χ1v) is 10.4. The standard InChI is InChI=1S/C21H31N5O/c1-26-11-3-5-19(26)18-12-16-14-23-20(13-17(16)24-18)25-21(27)6-2-4-15-7-9-22-10-8-15/h12-15,19,22,24H,2-11H2,1H3,(H,23,25,27)/t19-/m1/s1. The van der Waals surface area contributed by atoms with Crippen LogP contribution in [-0.4, -0.2) is 47.5 Å². The predicted molar refractivity (Wildman–Crippen MR) is 109 cm³/mol. The number of rotatable bonds is 6. The highest BCUT2D eigenvalue weighted by atomic mass is 16.1. The Labute approximate surface area is 161 Å². The molecular formula is C21H31N5O. The van der Waals surface area contributed by atoms with Crippen LogP contribution in [0, 0.1) is 5.92 Å². The highest BCUT2D eigenvalue weighted by Gasteiger charge is 2.24. The number of likely N-dealkylation sites (tertiary alicyclic amines) is 1. The van der Waals surface area contributed by atoms with Crippen LogP contribution in [0.4, 0.5) is 5.82 Å². The maximum Gasteiger partial charge on any atom is 0.225 e. The molecule has 0 radical (unpaired) electrons. The lowest BCUT2D eigenvalue weighted by atomic mass is 9.92. The lowest BCUT2D eigenvalue weighted by molar-refractivity contribution is -0.116. The lowest BCUT2D eigenvalue weighted by Gasteiger charge is -2.22. The molecule has 4 heterocycles. The van der Waals surface area contributed by atoms with Crippen LogP contribution in [0.3, 0.4) is 0 Å². The van der Waals surface area contributed by atoms with Crippen molar-refractivity contribution in [2.45, 2.75) is 51.0 Å². The molecule has 2 fully saturated rings. The van der Waals surface area contributed by atoms with Crippen molar-refractivity contribution in [3.63, 3.8) is 0 Å². The summed E-state index contributed by atoms with van der Waals surface area (Å²) in [7, 11) is 2.18. The van der Waals surface area contributed by atoms with Crippen LogP contribution in [0.5, 0.6) is 0 Å². The molecule has 6 heteroatoms. The number of nitrogens with one attached hydrogen (secondary N) is 3. The fourth-order valence-electron chi connectivity index (χ4n) is 4.53. The molecule has 2 aliphatic rings. The number of carbonyl (C=O) groups is 1. The summed E-state index contributed by atoms with van der Waals surface area (Å²) in [4.78, 5) is 22.6. The Morgan fingerprint density at radius 2 is 2.15 bits per heavy atom. The van der Waals surface area contributed by atoms with Gasteiger partial charge in [-0.2, -0.15) is 0 Å². The Kier molecular flexibility index (Phi) is 5.74. The van der Waals surface area contributed by atoms with Gasteiger partial charge in [-0.1, -0.05) is 0 Å². The van der Waals surface area contributed by atoms with Gasteiger partial charge in [0.25, 0.3) is 0 Å². The van der Waals surface area contributed by atoms with E-state index in [1.807, 2.05) is 12.3 Å². The molecule has 4 rings (SSSR count). The first kappa shape index (κ1) is 18.4. The number of anilines is 1. The molecule has 2 aromatic heterocycles. The zero-order valence-electron chi connectivity index (χ0n) is 16.3. The van der Waals surface area contributed by atoms with Gasteiger partial charge in [0.05, 0.1) is 5.52 Å². The molecule has 0 bridgehead atoms. The number of aromatic amines is 1. The van der Waals surface area contributed by atoms with E-state index in [2.05, 4.69) is 38.6 Å². The van der Waals surface area contributed by atoms with E-state index >= 15 is 0 Å². The Morgan fingerprint density at radius 1 is 1.30 bits per heavy atom. The minimum absolute atomic E-state index is 0.0677. The highest BCUT2D eigenvalue weighted by Crippen LogP contribution is 2.32. The van der Waals surface area contributed by atoms with Crippen LogP contribution >= 0.6 is 0 Å². The van der Waals surface area contributed by atoms with Gasteiger partial charge in [0.15, 0.2) is 0 Å². The van der Waals surface area contributed by atoms with Gasteiger partial charge in [-0.3, -0.25) is 9.69 Å². The largest absolute Gasteiger partial charge is 0.357 e. The summed E-state index contributed by atoms with van der Waals surface area (Å²) < 4.78 is 0. The normalized spacial score (nSPS) is 21.7. The van der Waals surface area contributed by atoms with E-state index in [0.717, 1.165) is 49.3 Å². The second-order valence-electron chi connectivity index (χ2n) is 8.15. The number of nitrogens with zero attached hydrogens (tertiary/aromatic N) is 2. The van der Waals surface area contributed by atoms with E-state index < -0.39 is 0 Å². The average molecular weight is 370 g/mol. The van der Waals surface area contributed by atoms with E-state index in [1.54, 1.807) is 0 Å². The number of amides is 1. The quantitative estimate of drug-likeness (QED) is 0.729. The summed E-state index contributed by atoms with van der Waals surface area (Å²) in [6.07, 6.45) is 9.46. The molecule has 0 saturated carbocycles. The first-order chi connectivity index (χ1) is 13.2. The molecule has 6 nitrogen and oxygen atoms in total. The van der Waals surface area contributed by atoms with E-state index in [-0.39, 0.29) is 5.91 Å². The van der Waals surface area contributed by atoms with Crippen LogP contribution in [0.25, 0.3) is 10.9 Å². The fraction of sp³-hybridized carbons (Fsp3) is 0.619. The summed E-state index contributed by atoms with van der Waals surface area (Å²) in [5, 5.41) is 7.46. The van der Waals surface area contributed by atoms with E-state index in [9.17, 15) is 4.79 Å². The summed E-state index contributed by atoms with van der Waals surface area (Å²) >= 11 is 0. The topological polar surface area (TPSA) is 73.1 Å². The summed E-state index contributed by atoms with van der Waals surface area (Å²) in [6, 6.07) is 4.61. The minimum Gasteiger partial charge on any atom is -0.357 e. The van der Waals surface area contributed by atoms with Gasteiger partial charge < -0.3 is 15.6 Å². The van der Waals surface area contributed by atoms with Gasteiger partial charge in [-0.25, -0.2) is 4.98 Å². The van der Waals surface area contributed by atoms with Gasteiger partial charge in [-0.05, 0) is 77.2 Å². The van der Waals surface area contributed by atoms with Crippen molar-refractivity contribution in [2.24, 2.45) is 5.92 Å². The van der Waals surface area contributed by atoms with Crippen LogP contribution in [-0.2, 0) is 4.79 Å². The number of carbonyl (C=O) groups excluding carboxylic acids is 1. The molecule has 146 valence electrons. The maximum atomic E-state index is 12.3. The third-order valence-corrected chi connectivity index (χ3v) is 6.15. The smallest absolute Gasteiger partial charge is 0.225 e. The van der Waals surface area contributed by atoms with Gasteiger partial charge >= 0.3 is 0 Å². The minimum atomic E-state index is 0.0677. The van der Waals surface area contributed by atoms with Gasteiger partial charge in [0, 0.05) is 35.8 Å². The average Bonchev–Trinajstić information content (AvgIpc) is 3.27. The second-order valence-corrected chi connectivity index (χ2v) is 8.15. The van der Waals surface area contributed by atoms with E-state index in [4.69, 9.17) is 0 Å². The second kappa shape index (κ2) is 8.40. The molecule has 1 atom stereocenters. The molecule has 2 aromatic rings. The Balaban J connectivity index is 1.32. The zero-order valence-corrected chi connectivity index (χ0v) is 16.3. The molecule has 0 spiro atoms. The van der Waals surface area contributed by atoms with Crippen LogP contribution < -0.4 is 10.6 Å². The van der Waals surface area contributed by atoms with Crippen molar-refractivity contribution >= 4 is 22.6 Å². The van der Waals surface area contributed by atoms with Crippen molar-refractivity contribution in [1.82, 2.24) is 20.2 Å². The maximum absolute atomic E-state index is 12.3. The van der Waals surface area contributed by atoms with Crippen LogP contribution in [0.1, 0.15) is 56.7 Å². The summed E-state index contributed by atoms with van der Waals surface area (Å²) in [6.45, 7) is 3.39. The van der Waals surface area contributed by atoms with Crippen LogP contribution in [0.2, 0.25) is 0 Å². The van der Waals surface area contributed by atoms with Crippen molar-refractivity contribution in [3.8, 4) is 0 Å². The third-order valence-electron chi connectivity index (χ3n) is 6.15. The molecule has 27 heavy (non-hydrogen) atoms. The summed E-state index contributed by atoms with van der Waals surface area (Å²) in [5.41, 5.74) is 2.29. The molecular weight excluding hydrogens is 338 g/mol. The fourth-order valence-corrected chi connectivity index (χ4v) is 4.53. The Bertz CT molecular complexity index is 780. The van der Waals surface area contributed by atoms with E-state index in [1.165, 1.54) is 31.4 Å². The number of piperidine rings is 1. The number of pyridine rings is 1. The number of H-pyrrole nitrogens is 1. The summed E-state index contributed by atoms with van der Waals surface area (Å²) in [5.74, 6) is 1.49. The first-order valence-electron chi connectivity index (χ1n) is 10.4. The molecule has 0 aliphatic carbocycles. The van der Waals surface area contributed by atoms with Crippen molar-refractivity contribution in [2.75, 3.05) is 32.0 Å². The van der Waals surface area contributed by atoms with Crippen LogP contribution in [0.15, 0.2) is 18.3 Å². The molecule has 3 N–H and O–H groups in total. The molecule has 2 saturated heterocycles. The molecule has 1 amide bonds. The Morgan fingerprint density at radius 3 is 2.93 bits per heavy atom. The highest BCUT2D eigenvalue weighted by molar-refractivity contribution is 5.92. The number of fused-ring (bicyclic) bond motifs is 1. The molecule has 0 aromatic carbocycles. The SMILES string of the molecule is CN1CCC[C@@H]1c1cc2cnc(NC(=O)CCCC3CCNCC3)cc2[nH]1.